The predicted molar refractivity (Wildman–Crippen MR) is 63.4 cm³/mol. The third-order valence-corrected chi connectivity index (χ3v) is 3.62. The number of nitrogens with two attached hydrogens (primary N) is 2. The van der Waals surface area contributed by atoms with E-state index in [0.29, 0.717) is 11.3 Å². The van der Waals surface area contributed by atoms with Crippen molar-refractivity contribution in [2.45, 2.75) is 9.24 Å². The first-order valence-electron chi connectivity index (χ1n) is 4.30. The van der Waals surface area contributed by atoms with E-state index in [-0.39, 0.29) is 0 Å². The maximum atomic E-state index is 11.0. The summed E-state index contributed by atoms with van der Waals surface area (Å²) < 4.78 is 4.65. The van der Waals surface area contributed by atoms with Gasteiger partial charge in [0, 0.05) is 16.1 Å². The lowest BCUT2D eigenvalue weighted by Gasteiger charge is -2.04. The van der Waals surface area contributed by atoms with Crippen LogP contribution in [-0.2, 0) is 0 Å². The minimum atomic E-state index is -0.473. The molecule has 4 N–H and O–H groups in total. The minimum Gasteiger partial charge on any atom is -0.398 e. The Morgan fingerprint density at radius 3 is 2.88 bits per heavy atom. The van der Waals surface area contributed by atoms with E-state index in [2.05, 4.69) is 9.36 Å². The number of benzene rings is 1. The van der Waals surface area contributed by atoms with Gasteiger partial charge in [0.15, 0.2) is 4.34 Å². The molecule has 2 aromatic rings. The van der Waals surface area contributed by atoms with Gasteiger partial charge in [-0.25, -0.2) is 4.98 Å². The van der Waals surface area contributed by atoms with Crippen LogP contribution in [-0.4, -0.2) is 15.3 Å². The number of hydrogen-bond donors (Lipinski definition) is 2. The Kier molecular flexibility index (Phi) is 3.07. The van der Waals surface area contributed by atoms with E-state index in [0.717, 1.165) is 9.24 Å². The summed E-state index contributed by atoms with van der Waals surface area (Å²) in [7, 11) is 0. The van der Waals surface area contributed by atoms with Crippen LogP contribution in [0.3, 0.4) is 0 Å². The van der Waals surface area contributed by atoms with Gasteiger partial charge < -0.3 is 11.5 Å². The monoisotopic (exact) mass is 252 g/mol. The van der Waals surface area contributed by atoms with Gasteiger partial charge in [-0.3, -0.25) is 4.79 Å². The fourth-order valence-electron chi connectivity index (χ4n) is 1.08. The fourth-order valence-corrected chi connectivity index (χ4v) is 2.56. The highest BCUT2D eigenvalue weighted by atomic mass is 32.2. The topological polar surface area (TPSA) is 94.9 Å². The summed E-state index contributed by atoms with van der Waals surface area (Å²) in [6, 6.07) is 4.91. The molecule has 0 aliphatic rings. The normalized spacial score (nSPS) is 10.2. The molecule has 0 atom stereocenters. The first-order valence-corrected chi connectivity index (χ1v) is 5.89. The van der Waals surface area contributed by atoms with Crippen molar-refractivity contribution in [2.24, 2.45) is 5.73 Å². The third kappa shape index (κ3) is 2.31. The molecule has 1 heterocycles. The number of primary amides is 1. The maximum absolute atomic E-state index is 11.0. The number of amides is 1. The summed E-state index contributed by atoms with van der Waals surface area (Å²) in [5.74, 6) is -0.473. The van der Waals surface area contributed by atoms with E-state index in [1.807, 2.05) is 0 Å². The Morgan fingerprint density at radius 1 is 1.44 bits per heavy atom. The molecule has 0 bridgehead atoms. The predicted octanol–water partition coefficient (Wildman–Crippen LogP) is 1.37. The zero-order chi connectivity index (χ0) is 11.5. The summed E-state index contributed by atoms with van der Waals surface area (Å²) in [5.41, 5.74) is 12.0. The third-order valence-electron chi connectivity index (χ3n) is 1.84. The van der Waals surface area contributed by atoms with Gasteiger partial charge >= 0.3 is 0 Å². The lowest BCUT2D eigenvalue weighted by Crippen LogP contribution is -2.11. The molecule has 0 aliphatic heterocycles. The van der Waals surface area contributed by atoms with E-state index in [4.69, 9.17) is 11.5 Å². The van der Waals surface area contributed by atoms with Gasteiger partial charge in [0.25, 0.3) is 0 Å². The van der Waals surface area contributed by atoms with Gasteiger partial charge in [-0.15, -0.1) is 0 Å². The van der Waals surface area contributed by atoms with Crippen molar-refractivity contribution in [2.75, 3.05) is 5.73 Å². The largest absolute Gasteiger partial charge is 0.398 e. The number of nitrogen functional groups attached to an aromatic ring is 1. The van der Waals surface area contributed by atoms with Gasteiger partial charge in [0.1, 0.15) is 6.33 Å². The zero-order valence-corrected chi connectivity index (χ0v) is 9.72. The first-order chi connectivity index (χ1) is 7.66. The Labute approximate surface area is 100 Å². The van der Waals surface area contributed by atoms with Crippen molar-refractivity contribution in [1.29, 1.82) is 0 Å². The second-order valence-corrected chi connectivity index (χ2v) is 5.00. The van der Waals surface area contributed by atoms with Crippen LogP contribution in [0.2, 0.25) is 0 Å². The molecule has 7 heteroatoms. The molecule has 1 amide bonds. The van der Waals surface area contributed by atoms with Crippen LogP contribution in [0.15, 0.2) is 33.8 Å². The van der Waals surface area contributed by atoms with Crippen molar-refractivity contribution < 1.29 is 4.79 Å². The average molecular weight is 252 g/mol. The highest BCUT2D eigenvalue weighted by molar-refractivity contribution is 8.01. The van der Waals surface area contributed by atoms with Crippen LogP contribution in [0.1, 0.15) is 10.4 Å². The van der Waals surface area contributed by atoms with E-state index >= 15 is 0 Å². The molecule has 0 saturated heterocycles. The minimum absolute atomic E-state index is 0.432. The summed E-state index contributed by atoms with van der Waals surface area (Å²) in [4.78, 5) is 15.8. The fraction of sp³-hybridized carbons (Fsp3) is 0. The van der Waals surface area contributed by atoms with Gasteiger partial charge in [-0.2, -0.15) is 4.37 Å². The lowest BCUT2D eigenvalue weighted by atomic mass is 10.2. The average Bonchev–Trinajstić information content (AvgIpc) is 2.73. The Balaban J connectivity index is 2.32. The quantitative estimate of drug-likeness (QED) is 0.804. The number of aromatic nitrogens is 2. The highest BCUT2D eigenvalue weighted by Crippen LogP contribution is 2.32. The van der Waals surface area contributed by atoms with Crippen LogP contribution < -0.4 is 11.5 Å². The smallest absolute Gasteiger partial charge is 0.248 e. The zero-order valence-electron chi connectivity index (χ0n) is 8.08. The second kappa shape index (κ2) is 4.50. The maximum Gasteiger partial charge on any atom is 0.248 e. The number of anilines is 1. The number of hydrogen-bond acceptors (Lipinski definition) is 6. The molecule has 1 aromatic heterocycles. The van der Waals surface area contributed by atoms with Crippen molar-refractivity contribution in [1.82, 2.24) is 9.36 Å². The van der Waals surface area contributed by atoms with Gasteiger partial charge in [-0.1, -0.05) is 11.8 Å². The van der Waals surface area contributed by atoms with Crippen LogP contribution in [0.5, 0.6) is 0 Å². The standard InChI is InChI=1S/C9H8N4OS2/c10-6-2-1-5(8(11)14)3-7(6)15-9-12-4-13-16-9/h1-4H,10H2,(H2,11,14). The van der Waals surface area contributed by atoms with Crippen molar-refractivity contribution in [3.05, 3.63) is 30.1 Å². The molecule has 5 nitrogen and oxygen atoms in total. The van der Waals surface area contributed by atoms with E-state index in [1.54, 1.807) is 18.2 Å². The molecule has 2 rings (SSSR count). The molecule has 0 spiro atoms. The van der Waals surface area contributed by atoms with E-state index < -0.39 is 5.91 Å². The summed E-state index contributed by atoms with van der Waals surface area (Å²) in [5, 5.41) is 0. The molecular formula is C9H8N4OS2. The molecule has 0 radical (unpaired) electrons. The number of nitrogens with zero attached hydrogens (tertiary/aromatic N) is 2. The lowest BCUT2D eigenvalue weighted by molar-refractivity contribution is 0.1000. The number of carbonyl (C=O) groups is 1. The molecule has 1 aromatic carbocycles. The molecular weight excluding hydrogens is 244 g/mol. The molecule has 0 saturated carbocycles. The molecule has 0 fully saturated rings. The highest BCUT2D eigenvalue weighted by Gasteiger charge is 2.08. The van der Waals surface area contributed by atoms with Crippen molar-refractivity contribution in [3.8, 4) is 0 Å². The summed E-state index contributed by atoms with van der Waals surface area (Å²) in [6.45, 7) is 0. The molecule has 82 valence electrons. The van der Waals surface area contributed by atoms with Gasteiger partial charge in [-0.05, 0) is 29.7 Å². The van der Waals surface area contributed by atoms with Crippen molar-refractivity contribution in [3.63, 3.8) is 0 Å². The summed E-state index contributed by atoms with van der Waals surface area (Å²) in [6.07, 6.45) is 1.47. The van der Waals surface area contributed by atoms with E-state index in [9.17, 15) is 4.79 Å². The molecule has 0 aliphatic carbocycles. The first kappa shape index (κ1) is 10.9. The summed E-state index contributed by atoms with van der Waals surface area (Å²) >= 11 is 2.64. The molecule has 0 unspecified atom stereocenters. The van der Waals surface area contributed by atoms with Gasteiger partial charge in [0.2, 0.25) is 5.91 Å². The SMILES string of the molecule is NC(=O)c1ccc(N)c(Sc2ncns2)c1. The van der Waals surface area contributed by atoms with Crippen molar-refractivity contribution >= 4 is 34.9 Å². The van der Waals surface area contributed by atoms with Gasteiger partial charge in [0.05, 0.1) is 0 Å². The number of carbonyl (C=O) groups excluding carboxylic acids is 1. The Bertz CT molecular complexity index is 512. The Hall–Kier alpha value is -1.60. The van der Waals surface area contributed by atoms with Crippen LogP contribution in [0.4, 0.5) is 5.69 Å². The molecule has 16 heavy (non-hydrogen) atoms. The Morgan fingerprint density at radius 2 is 2.25 bits per heavy atom. The van der Waals surface area contributed by atoms with Crippen LogP contribution in [0.25, 0.3) is 0 Å². The number of rotatable bonds is 3. The van der Waals surface area contributed by atoms with Crippen LogP contribution in [0, 0.1) is 0 Å². The van der Waals surface area contributed by atoms with Crippen LogP contribution >= 0.6 is 23.3 Å². The van der Waals surface area contributed by atoms with E-state index in [1.165, 1.54) is 29.6 Å². The second-order valence-electron chi connectivity index (χ2n) is 2.93.